The molecule has 0 unspecified atom stereocenters. The minimum absolute atomic E-state index is 0.131. The Morgan fingerprint density at radius 3 is 1.04 bits per heavy atom. The second-order valence-corrected chi connectivity index (χ2v) is 10.2. The fraction of sp³-hybridized carbons (Fsp3) is 0.0588. The molecule has 2 aliphatic carbocycles. The van der Waals surface area contributed by atoms with E-state index in [9.17, 15) is 75.5 Å². The van der Waals surface area contributed by atoms with Gasteiger partial charge in [0, 0.05) is 33.4 Å². The van der Waals surface area contributed by atoms with Crippen molar-refractivity contribution in [2.75, 3.05) is 0 Å². The fourth-order valence-corrected chi connectivity index (χ4v) is 5.70. The van der Waals surface area contributed by atoms with Crippen LogP contribution in [0.25, 0.3) is 33.4 Å². The highest BCUT2D eigenvalue weighted by Crippen LogP contribution is 2.55. The monoisotopic (exact) mass is 688 g/mol. The highest BCUT2D eigenvalue weighted by Gasteiger charge is 2.41. The van der Waals surface area contributed by atoms with Crippen molar-refractivity contribution in [3.05, 3.63) is 115 Å². The van der Waals surface area contributed by atoms with Crippen LogP contribution in [0.5, 0.6) is 0 Å². The number of hydrogen-bond acceptors (Lipinski definition) is 6. The lowest BCUT2D eigenvalue weighted by Crippen LogP contribution is -2.11. The van der Waals surface area contributed by atoms with Crippen molar-refractivity contribution in [1.29, 1.82) is 31.6 Å². The standard InChI is InChI=1S/C34H6F10N6/c35-25-3-13(1-23(31(25)37)33(39,40)41)27-21(11-49)17-5-20-18(6-19(17)29(27)15(7-45)8-46)22(12-50)28(30(20)16(9-47)10-48)14-2-24(34(42,43)44)32(38)26(36)4-14/h1-6H. The van der Waals surface area contributed by atoms with Gasteiger partial charge in [-0.2, -0.15) is 57.9 Å². The van der Waals surface area contributed by atoms with Gasteiger partial charge < -0.3 is 0 Å². The van der Waals surface area contributed by atoms with Crippen LogP contribution < -0.4 is 0 Å². The van der Waals surface area contributed by atoms with E-state index in [1.165, 1.54) is 24.3 Å². The van der Waals surface area contributed by atoms with Gasteiger partial charge in [0.1, 0.15) is 47.6 Å². The second kappa shape index (κ2) is 11.8. The van der Waals surface area contributed by atoms with Crippen molar-refractivity contribution in [1.82, 2.24) is 0 Å². The number of halogens is 10. The SMILES string of the molecule is N#CC(C#N)=C1C(c2cc(F)c(F)c(C(F)(F)F)c2)=C(C#N)c2cc3c(cc21)C(C#N)=C(c1cc(F)c(F)c(C(F)(F)F)c1)C3=C(C#N)C#N. The van der Waals surface area contributed by atoms with Gasteiger partial charge in [-0.05, 0) is 58.7 Å². The molecule has 3 aromatic carbocycles. The largest absolute Gasteiger partial charge is 0.419 e. The lowest BCUT2D eigenvalue weighted by molar-refractivity contribution is -0.141. The van der Waals surface area contributed by atoms with E-state index in [0.717, 1.165) is 12.1 Å². The summed E-state index contributed by atoms with van der Waals surface area (Å²) in [5.41, 5.74) is -12.7. The lowest BCUT2D eigenvalue weighted by Gasteiger charge is -2.14. The molecule has 2 aliphatic rings. The van der Waals surface area contributed by atoms with Gasteiger partial charge in [0.15, 0.2) is 23.3 Å². The summed E-state index contributed by atoms with van der Waals surface area (Å²) in [5.74, 6) is -8.62. The van der Waals surface area contributed by atoms with Crippen LogP contribution in [0.2, 0.25) is 0 Å². The molecule has 0 radical (unpaired) electrons. The number of nitrogens with zero attached hydrogens (tertiary/aromatic N) is 6. The molecule has 0 saturated carbocycles. The molecular weight excluding hydrogens is 682 g/mol. The zero-order valence-corrected chi connectivity index (χ0v) is 23.9. The van der Waals surface area contributed by atoms with Gasteiger partial charge in [-0.3, -0.25) is 0 Å². The normalized spacial score (nSPS) is 13.4. The van der Waals surface area contributed by atoms with Crippen molar-refractivity contribution in [3.63, 3.8) is 0 Å². The lowest BCUT2D eigenvalue weighted by atomic mass is 9.89. The van der Waals surface area contributed by atoms with Crippen molar-refractivity contribution in [2.24, 2.45) is 0 Å². The molecule has 242 valence electrons. The molecule has 0 spiro atoms. The van der Waals surface area contributed by atoms with E-state index in [-0.39, 0.29) is 46.5 Å². The molecule has 50 heavy (non-hydrogen) atoms. The van der Waals surface area contributed by atoms with E-state index in [2.05, 4.69) is 0 Å². The third-order valence-corrected chi connectivity index (χ3v) is 7.65. The fourth-order valence-electron chi connectivity index (χ4n) is 5.70. The topological polar surface area (TPSA) is 143 Å². The van der Waals surface area contributed by atoms with Gasteiger partial charge in [-0.1, -0.05) is 0 Å². The van der Waals surface area contributed by atoms with E-state index in [4.69, 9.17) is 0 Å². The van der Waals surface area contributed by atoms with E-state index in [0.29, 0.717) is 0 Å². The smallest absolute Gasteiger partial charge is 0.204 e. The highest BCUT2D eigenvalue weighted by molar-refractivity contribution is 6.29. The Balaban J connectivity index is 1.95. The third kappa shape index (κ3) is 5.10. The zero-order chi connectivity index (χ0) is 37.0. The van der Waals surface area contributed by atoms with Crippen molar-refractivity contribution in [2.45, 2.75) is 12.4 Å². The van der Waals surface area contributed by atoms with Gasteiger partial charge in [-0.25, -0.2) is 17.6 Å². The Morgan fingerprint density at radius 1 is 0.460 bits per heavy atom. The Morgan fingerprint density at radius 2 is 0.780 bits per heavy atom. The van der Waals surface area contributed by atoms with Gasteiger partial charge in [-0.15, -0.1) is 0 Å². The molecule has 0 saturated heterocycles. The molecule has 5 rings (SSSR count). The molecule has 16 heteroatoms. The molecule has 0 amide bonds. The van der Waals surface area contributed by atoms with Crippen LogP contribution in [0.4, 0.5) is 43.9 Å². The number of allylic oxidation sites excluding steroid dienone is 8. The van der Waals surface area contributed by atoms with Crippen molar-refractivity contribution in [3.8, 4) is 36.4 Å². The Hall–Kier alpha value is -7.14. The Labute approximate surface area is 273 Å². The average Bonchev–Trinajstić information content (AvgIpc) is 3.54. The predicted octanol–water partition coefficient (Wildman–Crippen LogP) is 8.78. The van der Waals surface area contributed by atoms with Crippen LogP contribution in [0.15, 0.2) is 47.5 Å². The van der Waals surface area contributed by atoms with Gasteiger partial charge in [0.2, 0.25) is 0 Å². The first-order valence-corrected chi connectivity index (χ1v) is 13.2. The summed E-state index contributed by atoms with van der Waals surface area (Å²) in [5, 5.41) is 59.5. The maximum atomic E-state index is 14.6. The molecule has 0 bridgehead atoms. The van der Waals surface area contributed by atoms with Crippen LogP contribution in [0.3, 0.4) is 0 Å². The first kappa shape index (κ1) is 34.2. The molecule has 0 N–H and O–H groups in total. The number of fused-ring (bicyclic) bond motifs is 2. The number of hydrogen-bond donors (Lipinski definition) is 0. The minimum atomic E-state index is -5.46. The van der Waals surface area contributed by atoms with E-state index >= 15 is 0 Å². The summed E-state index contributed by atoms with van der Waals surface area (Å²) >= 11 is 0. The van der Waals surface area contributed by atoms with Crippen molar-refractivity contribution < 1.29 is 43.9 Å². The first-order chi connectivity index (χ1) is 23.5. The molecule has 0 aliphatic heterocycles. The molecule has 3 aromatic rings. The maximum Gasteiger partial charge on any atom is 0.419 e. The molecule has 0 atom stereocenters. The second-order valence-electron chi connectivity index (χ2n) is 10.2. The number of nitriles is 6. The number of alkyl halides is 6. The highest BCUT2D eigenvalue weighted by atomic mass is 19.4. The molecule has 0 aromatic heterocycles. The summed E-state index contributed by atoms with van der Waals surface area (Å²) in [6, 6.07) is 12.0. The summed E-state index contributed by atoms with van der Waals surface area (Å²) in [6.45, 7) is 0. The van der Waals surface area contributed by atoms with Crippen molar-refractivity contribution >= 4 is 33.4 Å². The first-order valence-electron chi connectivity index (χ1n) is 13.2. The third-order valence-electron chi connectivity index (χ3n) is 7.65. The Bertz CT molecular complexity index is 2300. The van der Waals surface area contributed by atoms with Crippen LogP contribution >= 0.6 is 0 Å². The average molecular weight is 688 g/mol. The molecule has 0 fully saturated rings. The number of rotatable bonds is 2. The zero-order valence-electron chi connectivity index (χ0n) is 23.9. The van der Waals surface area contributed by atoms with Gasteiger partial charge in [0.25, 0.3) is 0 Å². The van der Waals surface area contributed by atoms with Gasteiger partial charge >= 0.3 is 12.4 Å². The maximum absolute atomic E-state index is 14.6. The van der Waals surface area contributed by atoms with Crippen LogP contribution in [0, 0.1) is 91.3 Å². The Kier molecular flexibility index (Phi) is 8.09. The van der Waals surface area contributed by atoms with E-state index in [1.807, 2.05) is 0 Å². The van der Waals surface area contributed by atoms with Crippen LogP contribution in [-0.2, 0) is 12.4 Å². The molecule has 6 nitrogen and oxygen atoms in total. The van der Waals surface area contributed by atoms with E-state index < -0.39 is 102 Å². The summed E-state index contributed by atoms with van der Waals surface area (Å²) in [6.07, 6.45) is -10.9. The summed E-state index contributed by atoms with van der Waals surface area (Å²) < 4.78 is 140. The van der Waals surface area contributed by atoms with Crippen LogP contribution in [-0.4, -0.2) is 0 Å². The van der Waals surface area contributed by atoms with E-state index in [1.54, 1.807) is 12.1 Å². The van der Waals surface area contributed by atoms with Gasteiger partial charge in [0.05, 0.1) is 22.3 Å². The number of benzene rings is 3. The summed E-state index contributed by atoms with van der Waals surface area (Å²) in [7, 11) is 0. The molecular formula is C34H6F10N6. The predicted molar refractivity (Wildman–Crippen MR) is 150 cm³/mol. The van der Waals surface area contributed by atoms with Crippen LogP contribution in [0.1, 0.15) is 44.5 Å². The minimum Gasteiger partial charge on any atom is -0.204 e. The molecule has 0 heterocycles. The quantitative estimate of drug-likeness (QED) is 0.195. The summed E-state index contributed by atoms with van der Waals surface area (Å²) in [4.78, 5) is 0.